The van der Waals surface area contributed by atoms with E-state index in [1.165, 1.54) is 5.75 Å². The average Bonchev–Trinajstić information content (AvgIpc) is 3.03. The first-order valence-corrected chi connectivity index (χ1v) is 7.52. The molecule has 0 bridgehead atoms. The van der Waals surface area contributed by atoms with Gasteiger partial charge in [-0.2, -0.15) is 16.9 Å². The largest absolute Gasteiger partial charge is 0.490 e. The lowest BCUT2D eigenvalue weighted by Crippen LogP contribution is -2.14. The molecule has 2 N–H and O–H groups in total. The summed E-state index contributed by atoms with van der Waals surface area (Å²) in [6.07, 6.45) is 3.29. The van der Waals surface area contributed by atoms with E-state index in [0.29, 0.717) is 11.9 Å². The van der Waals surface area contributed by atoms with E-state index in [1.54, 1.807) is 10.9 Å². The van der Waals surface area contributed by atoms with Crippen LogP contribution in [0.5, 0.6) is 5.75 Å². The molecule has 1 atom stereocenters. The van der Waals surface area contributed by atoms with Crippen molar-refractivity contribution in [2.24, 2.45) is 7.05 Å². The van der Waals surface area contributed by atoms with Gasteiger partial charge >= 0.3 is 0 Å². The monoisotopic (exact) mass is 275 g/mol. The quantitative estimate of drug-likeness (QED) is 0.935. The van der Waals surface area contributed by atoms with Crippen molar-refractivity contribution in [1.82, 2.24) is 9.78 Å². The average molecular weight is 275 g/mol. The summed E-state index contributed by atoms with van der Waals surface area (Å²) in [5.41, 5.74) is 8.00. The molecule has 2 aromatic rings. The maximum Gasteiger partial charge on any atom is 0.129 e. The van der Waals surface area contributed by atoms with Crippen molar-refractivity contribution >= 4 is 17.6 Å². The molecule has 0 spiro atoms. The summed E-state index contributed by atoms with van der Waals surface area (Å²) in [6.45, 7) is 0. The van der Waals surface area contributed by atoms with Crippen LogP contribution in [0.15, 0.2) is 30.5 Å². The number of nitrogens with zero attached hydrogens (tertiary/aromatic N) is 2. The van der Waals surface area contributed by atoms with Crippen LogP contribution in [0.2, 0.25) is 0 Å². The van der Waals surface area contributed by atoms with E-state index in [-0.39, 0.29) is 0 Å². The molecule has 2 heterocycles. The Labute approximate surface area is 116 Å². The summed E-state index contributed by atoms with van der Waals surface area (Å²) in [7, 11) is 1.84. The summed E-state index contributed by atoms with van der Waals surface area (Å²) in [6, 6.07) is 8.07. The van der Waals surface area contributed by atoms with E-state index < -0.39 is 0 Å². The Kier molecular flexibility index (Phi) is 3.38. The zero-order valence-corrected chi connectivity index (χ0v) is 11.7. The molecule has 5 heteroatoms. The molecule has 19 heavy (non-hydrogen) atoms. The Hall–Kier alpha value is -1.62. The Morgan fingerprint density at radius 2 is 2.16 bits per heavy atom. The fourth-order valence-corrected chi connectivity index (χ4v) is 3.27. The highest BCUT2D eigenvalue weighted by molar-refractivity contribution is 7.99. The van der Waals surface area contributed by atoms with Gasteiger partial charge in [-0.25, -0.2) is 0 Å². The van der Waals surface area contributed by atoms with Crippen molar-refractivity contribution in [1.29, 1.82) is 0 Å². The standard InChI is InChI=1S/C14H17N3OS/c1-17-14(15)13(8-16-17)10-2-4-11(5-3-10)18-12-6-7-19-9-12/h2-5,8,12H,6-7,9,15H2,1H3. The molecule has 3 rings (SSSR count). The number of hydrogen-bond acceptors (Lipinski definition) is 4. The van der Waals surface area contributed by atoms with E-state index in [4.69, 9.17) is 10.5 Å². The van der Waals surface area contributed by atoms with Crippen molar-refractivity contribution in [2.75, 3.05) is 17.2 Å². The van der Waals surface area contributed by atoms with Crippen LogP contribution in [-0.2, 0) is 7.05 Å². The number of rotatable bonds is 3. The van der Waals surface area contributed by atoms with Crippen LogP contribution < -0.4 is 10.5 Å². The van der Waals surface area contributed by atoms with Crippen molar-refractivity contribution in [3.05, 3.63) is 30.5 Å². The van der Waals surface area contributed by atoms with Gasteiger partial charge in [0.15, 0.2) is 0 Å². The van der Waals surface area contributed by atoms with E-state index in [0.717, 1.165) is 29.1 Å². The van der Waals surface area contributed by atoms with Crippen molar-refractivity contribution in [2.45, 2.75) is 12.5 Å². The Morgan fingerprint density at radius 3 is 2.74 bits per heavy atom. The second-order valence-electron chi connectivity index (χ2n) is 4.69. The maximum absolute atomic E-state index is 5.97. The van der Waals surface area contributed by atoms with Gasteiger partial charge in [0.1, 0.15) is 17.7 Å². The molecule has 1 aromatic heterocycles. The number of hydrogen-bond donors (Lipinski definition) is 1. The highest BCUT2D eigenvalue weighted by Crippen LogP contribution is 2.28. The number of nitrogen functional groups attached to an aromatic ring is 1. The van der Waals surface area contributed by atoms with Gasteiger partial charge in [0, 0.05) is 18.4 Å². The fraction of sp³-hybridized carbons (Fsp3) is 0.357. The summed E-state index contributed by atoms with van der Waals surface area (Å²) in [5.74, 6) is 3.91. The molecule has 0 radical (unpaired) electrons. The minimum atomic E-state index is 0.360. The molecule has 0 saturated carbocycles. The number of anilines is 1. The lowest BCUT2D eigenvalue weighted by molar-refractivity contribution is 0.229. The summed E-state index contributed by atoms with van der Waals surface area (Å²) in [5, 5.41) is 4.16. The van der Waals surface area contributed by atoms with Gasteiger partial charge in [-0.05, 0) is 29.9 Å². The highest BCUT2D eigenvalue weighted by Gasteiger charge is 2.17. The maximum atomic E-state index is 5.97. The van der Waals surface area contributed by atoms with E-state index in [1.807, 2.05) is 43.1 Å². The SMILES string of the molecule is Cn1ncc(-c2ccc(OC3CCSC3)cc2)c1N. The Balaban J connectivity index is 1.76. The summed E-state index contributed by atoms with van der Waals surface area (Å²) in [4.78, 5) is 0. The number of benzene rings is 1. The fourth-order valence-electron chi connectivity index (χ4n) is 2.18. The number of aryl methyl sites for hydroxylation is 1. The Bertz CT molecular complexity index is 559. The predicted molar refractivity (Wildman–Crippen MR) is 79.4 cm³/mol. The number of aromatic nitrogens is 2. The van der Waals surface area contributed by atoms with Gasteiger partial charge in [-0.3, -0.25) is 4.68 Å². The van der Waals surface area contributed by atoms with E-state index >= 15 is 0 Å². The molecule has 4 nitrogen and oxygen atoms in total. The van der Waals surface area contributed by atoms with Crippen LogP contribution in [0.25, 0.3) is 11.1 Å². The van der Waals surface area contributed by atoms with E-state index in [2.05, 4.69) is 5.10 Å². The lowest BCUT2D eigenvalue weighted by atomic mass is 10.1. The lowest BCUT2D eigenvalue weighted by Gasteiger charge is -2.12. The van der Waals surface area contributed by atoms with Gasteiger partial charge in [-0.15, -0.1) is 0 Å². The number of ether oxygens (including phenoxy) is 1. The van der Waals surface area contributed by atoms with E-state index in [9.17, 15) is 0 Å². The van der Waals surface area contributed by atoms with Crippen LogP contribution >= 0.6 is 11.8 Å². The molecule has 1 unspecified atom stereocenters. The smallest absolute Gasteiger partial charge is 0.129 e. The molecule has 1 aromatic carbocycles. The third-order valence-corrected chi connectivity index (χ3v) is 4.47. The zero-order chi connectivity index (χ0) is 13.2. The molecule has 1 aliphatic heterocycles. The minimum absolute atomic E-state index is 0.360. The van der Waals surface area contributed by atoms with Crippen molar-refractivity contribution < 1.29 is 4.74 Å². The second kappa shape index (κ2) is 5.17. The number of nitrogens with two attached hydrogens (primary N) is 1. The van der Waals surface area contributed by atoms with Gasteiger partial charge in [0.05, 0.1) is 6.20 Å². The molecular formula is C14H17N3OS. The Morgan fingerprint density at radius 1 is 1.37 bits per heavy atom. The van der Waals surface area contributed by atoms with Crippen LogP contribution in [0.3, 0.4) is 0 Å². The molecule has 100 valence electrons. The number of thioether (sulfide) groups is 1. The molecule has 1 fully saturated rings. The van der Waals surface area contributed by atoms with Crippen LogP contribution in [0.4, 0.5) is 5.82 Å². The van der Waals surface area contributed by atoms with Crippen LogP contribution in [-0.4, -0.2) is 27.4 Å². The normalized spacial score (nSPS) is 18.7. The first kappa shape index (κ1) is 12.4. The third kappa shape index (κ3) is 2.56. The van der Waals surface area contributed by atoms with Gasteiger partial charge in [-0.1, -0.05) is 12.1 Å². The molecule has 0 aliphatic carbocycles. The molecule has 1 aliphatic rings. The predicted octanol–water partition coefficient (Wildman–Crippen LogP) is 2.55. The van der Waals surface area contributed by atoms with Crippen molar-refractivity contribution in [3.8, 4) is 16.9 Å². The highest BCUT2D eigenvalue weighted by atomic mass is 32.2. The van der Waals surface area contributed by atoms with Crippen molar-refractivity contribution in [3.63, 3.8) is 0 Å². The van der Waals surface area contributed by atoms with Gasteiger partial charge in [0.2, 0.25) is 0 Å². The zero-order valence-electron chi connectivity index (χ0n) is 10.9. The summed E-state index contributed by atoms with van der Waals surface area (Å²) < 4.78 is 7.60. The molecular weight excluding hydrogens is 258 g/mol. The molecule has 0 amide bonds. The first-order chi connectivity index (χ1) is 9.24. The topological polar surface area (TPSA) is 53.1 Å². The third-order valence-electron chi connectivity index (χ3n) is 3.34. The molecule has 1 saturated heterocycles. The van der Waals surface area contributed by atoms with Crippen LogP contribution in [0, 0.1) is 0 Å². The first-order valence-electron chi connectivity index (χ1n) is 6.36. The summed E-state index contributed by atoms with van der Waals surface area (Å²) >= 11 is 1.95. The van der Waals surface area contributed by atoms with Gasteiger partial charge < -0.3 is 10.5 Å². The van der Waals surface area contributed by atoms with Gasteiger partial charge in [0.25, 0.3) is 0 Å². The van der Waals surface area contributed by atoms with Crippen LogP contribution in [0.1, 0.15) is 6.42 Å². The minimum Gasteiger partial charge on any atom is -0.490 e. The second-order valence-corrected chi connectivity index (χ2v) is 5.84.